The largest absolute Gasteiger partial charge is 0.375 e. The summed E-state index contributed by atoms with van der Waals surface area (Å²) in [5, 5.41) is 0. The molecule has 1 aliphatic heterocycles. The number of carbonyl (C=O) groups is 1. The predicted molar refractivity (Wildman–Crippen MR) is 60.1 cm³/mol. The van der Waals surface area contributed by atoms with Crippen molar-refractivity contribution < 1.29 is 9.53 Å². The van der Waals surface area contributed by atoms with E-state index in [9.17, 15) is 4.79 Å². The molecule has 0 N–H and O–H groups in total. The third-order valence-electron chi connectivity index (χ3n) is 3.05. The van der Waals surface area contributed by atoms with Crippen LogP contribution in [0.15, 0.2) is 24.5 Å². The number of pyridine rings is 1. The molecule has 2 atom stereocenters. The molecular weight excluding hydrogens is 204 g/mol. The second-order valence-corrected chi connectivity index (χ2v) is 4.06. The van der Waals surface area contributed by atoms with Crippen LogP contribution in [0.3, 0.4) is 0 Å². The van der Waals surface area contributed by atoms with Crippen LogP contribution in [-0.4, -0.2) is 41.1 Å². The molecule has 4 heteroatoms. The minimum Gasteiger partial charge on any atom is -0.375 e. The lowest BCUT2D eigenvalue weighted by Crippen LogP contribution is -2.51. The van der Waals surface area contributed by atoms with Gasteiger partial charge in [0, 0.05) is 18.9 Å². The molecule has 2 rings (SSSR count). The molecule has 0 saturated carbocycles. The minimum absolute atomic E-state index is 0.0377. The summed E-state index contributed by atoms with van der Waals surface area (Å²) in [5.41, 5.74) is 0.642. The van der Waals surface area contributed by atoms with Gasteiger partial charge in [-0.3, -0.25) is 9.78 Å². The molecule has 1 saturated heterocycles. The van der Waals surface area contributed by atoms with Crippen LogP contribution in [0.2, 0.25) is 0 Å². The topological polar surface area (TPSA) is 42.4 Å². The molecule has 1 fully saturated rings. The molecule has 1 aliphatic rings. The van der Waals surface area contributed by atoms with Gasteiger partial charge in [0.25, 0.3) is 5.91 Å². The van der Waals surface area contributed by atoms with E-state index in [1.54, 1.807) is 24.5 Å². The van der Waals surface area contributed by atoms with Crippen molar-refractivity contribution in [1.29, 1.82) is 0 Å². The van der Waals surface area contributed by atoms with Gasteiger partial charge >= 0.3 is 0 Å². The predicted octanol–water partition coefficient (Wildman–Crippen LogP) is 1.33. The Labute approximate surface area is 95.2 Å². The summed E-state index contributed by atoms with van der Waals surface area (Å²) in [6.07, 6.45) is 3.37. The molecule has 0 aromatic carbocycles. The standard InChI is InChI=1S/C12H16N2O2/c1-9-10(2)16-7-6-14(9)12(15)11-4-3-5-13-8-11/h3-5,8-10H,6-7H2,1-2H3. The van der Waals surface area contributed by atoms with E-state index in [1.807, 2.05) is 18.7 Å². The Morgan fingerprint density at radius 1 is 1.56 bits per heavy atom. The maximum absolute atomic E-state index is 12.2. The lowest BCUT2D eigenvalue weighted by atomic mass is 10.1. The number of hydrogen-bond donors (Lipinski definition) is 0. The van der Waals surface area contributed by atoms with Crippen molar-refractivity contribution in [3.8, 4) is 0 Å². The Kier molecular flexibility index (Phi) is 3.19. The summed E-state index contributed by atoms with van der Waals surface area (Å²) in [5.74, 6) is 0.0377. The highest BCUT2D eigenvalue weighted by Crippen LogP contribution is 2.16. The van der Waals surface area contributed by atoms with Gasteiger partial charge in [-0.25, -0.2) is 0 Å². The first kappa shape index (κ1) is 11.1. The number of carbonyl (C=O) groups excluding carboxylic acids is 1. The molecule has 86 valence electrons. The Hall–Kier alpha value is -1.42. The Morgan fingerprint density at radius 2 is 2.38 bits per heavy atom. The molecule has 2 unspecified atom stereocenters. The molecule has 16 heavy (non-hydrogen) atoms. The highest BCUT2D eigenvalue weighted by Gasteiger charge is 2.29. The van der Waals surface area contributed by atoms with Crippen LogP contribution >= 0.6 is 0 Å². The molecule has 2 heterocycles. The molecule has 1 aromatic heterocycles. The number of aromatic nitrogens is 1. The second-order valence-electron chi connectivity index (χ2n) is 4.06. The lowest BCUT2D eigenvalue weighted by Gasteiger charge is -2.37. The maximum atomic E-state index is 12.2. The van der Waals surface area contributed by atoms with Crippen molar-refractivity contribution >= 4 is 5.91 Å². The van der Waals surface area contributed by atoms with Gasteiger partial charge in [-0.1, -0.05) is 0 Å². The monoisotopic (exact) mass is 220 g/mol. The third kappa shape index (κ3) is 2.07. The quantitative estimate of drug-likeness (QED) is 0.717. The summed E-state index contributed by atoms with van der Waals surface area (Å²) in [6.45, 7) is 5.27. The minimum atomic E-state index is 0.0377. The molecule has 4 nitrogen and oxygen atoms in total. The highest BCUT2D eigenvalue weighted by atomic mass is 16.5. The highest BCUT2D eigenvalue weighted by molar-refractivity contribution is 5.94. The Morgan fingerprint density at radius 3 is 3.06 bits per heavy atom. The number of hydrogen-bond acceptors (Lipinski definition) is 3. The van der Waals surface area contributed by atoms with E-state index in [0.717, 1.165) is 0 Å². The average Bonchev–Trinajstić information content (AvgIpc) is 2.33. The number of nitrogens with zero attached hydrogens (tertiary/aromatic N) is 2. The van der Waals surface area contributed by atoms with Gasteiger partial charge in [-0.05, 0) is 26.0 Å². The van der Waals surface area contributed by atoms with Crippen LogP contribution in [0.1, 0.15) is 24.2 Å². The fourth-order valence-electron chi connectivity index (χ4n) is 1.87. The number of rotatable bonds is 1. The van der Waals surface area contributed by atoms with E-state index in [-0.39, 0.29) is 18.1 Å². The third-order valence-corrected chi connectivity index (χ3v) is 3.05. The van der Waals surface area contributed by atoms with Crippen molar-refractivity contribution in [2.75, 3.05) is 13.2 Å². The zero-order chi connectivity index (χ0) is 11.5. The zero-order valence-corrected chi connectivity index (χ0v) is 9.59. The van der Waals surface area contributed by atoms with E-state index in [1.165, 1.54) is 0 Å². The van der Waals surface area contributed by atoms with Gasteiger partial charge < -0.3 is 9.64 Å². The van der Waals surface area contributed by atoms with E-state index in [2.05, 4.69) is 4.98 Å². The van der Waals surface area contributed by atoms with Crippen LogP contribution in [0.25, 0.3) is 0 Å². The molecule has 1 aromatic rings. The molecule has 0 aliphatic carbocycles. The Balaban J connectivity index is 2.15. The van der Waals surface area contributed by atoms with Crippen LogP contribution in [-0.2, 0) is 4.74 Å². The lowest BCUT2D eigenvalue weighted by molar-refractivity contribution is -0.0440. The second kappa shape index (κ2) is 4.61. The normalized spacial score (nSPS) is 25.5. The van der Waals surface area contributed by atoms with Gasteiger partial charge in [0.1, 0.15) is 0 Å². The van der Waals surface area contributed by atoms with Crippen molar-refractivity contribution in [3.63, 3.8) is 0 Å². The smallest absolute Gasteiger partial charge is 0.255 e. The van der Waals surface area contributed by atoms with Crippen LogP contribution in [0.5, 0.6) is 0 Å². The fourth-order valence-corrected chi connectivity index (χ4v) is 1.87. The van der Waals surface area contributed by atoms with Crippen molar-refractivity contribution in [2.24, 2.45) is 0 Å². The van der Waals surface area contributed by atoms with E-state index in [0.29, 0.717) is 18.7 Å². The fraction of sp³-hybridized carbons (Fsp3) is 0.500. The van der Waals surface area contributed by atoms with Crippen LogP contribution in [0, 0.1) is 0 Å². The molecule has 0 spiro atoms. The number of ether oxygens (including phenoxy) is 1. The first-order valence-electron chi connectivity index (χ1n) is 5.52. The van der Waals surface area contributed by atoms with Crippen molar-refractivity contribution in [1.82, 2.24) is 9.88 Å². The van der Waals surface area contributed by atoms with Gasteiger partial charge in [0.15, 0.2) is 0 Å². The molecule has 1 amide bonds. The van der Waals surface area contributed by atoms with Gasteiger partial charge in [-0.2, -0.15) is 0 Å². The Bertz CT molecular complexity index is 367. The SMILES string of the molecule is CC1OCCN(C(=O)c2cccnc2)C1C. The molecule has 0 bridgehead atoms. The molecule has 0 radical (unpaired) electrons. The van der Waals surface area contributed by atoms with Crippen LogP contribution in [0.4, 0.5) is 0 Å². The maximum Gasteiger partial charge on any atom is 0.255 e. The summed E-state index contributed by atoms with van der Waals surface area (Å²) in [6, 6.07) is 3.69. The number of amides is 1. The summed E-state index contributed by atoms with van der Waals surface area (Å²) in [4.78, 5) is 18.0. The summed E-state index contributed by atoms with van der Waals surface area (Å²) < 4.78 is 5.50. The van der Waals surface area contributed by atoms with E-state index >= 15 is 0 Å². The number of morpholine rings is 1. The van der Waals surface area contributed by atoms with E-state index in [4.69, 9.17) is 4.74 Å². The first-order chi connectivity index (χ1) is 7.70. The zero-order valence-electron chi connectivity index (χ0n) is 9.59. The summed E-state index contributed by atoms with van der Waals surface area (Å²) >= 11 is 0. The van der Waals surface area contributed by atoms with Gasteiger partial charge in [0.05, 0.1) is 24.3 Å². The average molecular weight is 220 g/mol. The van der Waals surface area contributed by atoms with E-state index < -0.39 is 0 Å². The summed E-state index contributed by atoms with van der Waals surface area (Å²) in [7, 11) is 0. The van der Waals surface area contributed by atoms with Crippen molar-refractivity contribution in [2.45, 2.75) is 26.0 Å². The first-order valence-corrected chi connectivity index (χ1v) is 5.52. The van der Waals surface area contributed by atoms with Gasteiger partial charge in [-0.15, -0.1) is 0 Å². The van der Waals surface area contributed by atoms with Crippen molar-refractivity contribution in [3.05, 3.63) is 30.1 Å². The van der Waals surface area contributed by atoms with Crippen LogP contribution < -0.4 is 0 Å². The van der Waals surface area contributed by atoms with Gasteiger partial charge in [0.2, 0.25) is 0 Å². The molecular formula is C12H16N2O2.